The van der Waals surface area contributed by atoms with Gasteiger partial charge in [0.25, 0.3) is 5.91 Å². The molecule has 1 heterocycles. The van der Waals surface area contributed by atoms with Crippen molar-refractivity contribution in [3.8, 4) is 0 Å². The Morgan fingerprint density at radius 3 is 2.68 bits per heavy atom. The van der Waals surface area contributed by atoms with Crippen LogP contribution in [0.3, 0.4) is 0 Å². The highest BCUT2D eigenvalue weighted by Gasteiger charge is 2.37. The van der Waals surface area contributed by atoms with Crippen molar-refractivity contribution >= 4 is 11.8 Å². The highest BCUT2D eigenvalue weighted by atomic mass is 19.4. The molecular weight excluding hydrogens is 342 g/mol. The summed E-state index contributed by atoms with van der Waals surface area (Å²) < 4.78 is 52.5. The summed E-state index contributed by atoms with van der Waals surface area (Å²) in [5.41, 5.74) is 3.19. The van der Waals surface area contributed by atoms with Crippen LogP contribution < -0.4 is 11.1 Å². The van der Waals surface area contributed by atoms with E-state index in [2.05, 4.69) is 5.32 Å². The number of piperidine rings is 1. The first-order chi connectivity index (χ1) is 11.8. The third-order valence-corrected chi connectivity index (χ3v) is 4.06. The van der Waals surface area contributed by atoms with Crippen LogP contribution in [-0.2, 0) is 11.0 Å². The van der Waals surface area contributed by atoms with E-state index in [9.17, 15) is 27.2 Å². The second-order valence-electron chi connectivity index (χ2n) is 5.83. The van der Waals surface area contributed by atoms with Crippen molar-refractivity contribution in [1.82, 2.24) is 10.2 Å². The molecule has 5 nitrogen and oxygen atoms in total. The molecule has 1 fully saturated rings. The minimum atomic E-state index is -4.88. The summed E-state index contributed by atoms with van der Waals surface area (Å²) in [4.78, 5) is 25.7. The van der Waals surface area contributed by atoms with Crippen molar-refractivity contribution in [2.75, 3.05) is 26.2 Å². The molecule has 1 saturated heterocycles. The molecule has 138 valence electrons. The Labute approximate surface area is 142 Å². The van der Waals surface area contributed by atoms with Gasteiger partial charge in [-0.15, -0.1) is 0 Å². The Balaban J connectivity index is 2.16. The SMILES string of the molecule is NCCNC(=O)C1CCCN(C(=O)c2cccc(C(F)(F)F)c2F)C1. The molecule has 0 aliphatic carbocycles. The number of nitrogens with one attached hydrogen (secondary N) is 1. The molecule has 2 rings (SSSR count). The van der Waals surface area contributed by atoms with Gasteiger partial charge in [0, 0.05) is 26.2 Å². The van der Waals surface area contributed by atoms with Crippen LogP contribution in [0.15, 0.2) is 18.2 Å². The van der Waals surface area contributed by atoms with Crippen molar-refractivity contribution in [3.05, 3.63) is 35.1 Å². The maximum atomic E-state index is 14.1. The predicted octanol–water partition coefficient (Wildman–Crippen LogP) is 1.77. The number of alkyl halides is 3. The second kappa shape index (κ2) is 7.81. The lowest BCUT2D eigenvalue weighted by molar-refractivity contribution is -0.140. The van der Waals surface area contributed by atoms with E-state index in [1.807, 2.05) is 0 Å². The minimum Gasteiger partial charge on any atom is -0.355 e. The fraction of sp³-hybridized carbons (Fsp3) is 0.500. The van der Waals surface area contributed by atoms with Gasteiger partial charge >= 0.3 is 6.18 Å². The first kappa shape index (κ1) is 19.2. The molecular formula is C16H19F4N3O2. The lowest BCUT2D eigenvalue weighted by Gasteiger charge is -2.32. The van der Waals surface area contributed by atoms with E-state index in [4.69, 9.17) is 5.73 Å². The summed E-state index contributed by atoms with van der Waals surface area (Å²) in [5.74, 6) is -3.19. The van der Waals surface area contributed by atoms with Crippen LogP contribution in [0.2, 0.25) is 0 Å². The van der Waals surface area contributed by atoms with Gasteiger partial charge in [-0.2, -0.15) is 13.2 Å². The minimum absolute atomic E-state index is 0.0327. The van der Waals surface area contributed by atoms with Crippen LogP contribution in [0, 0.1) is 11.7 Å². The molecule has 25 heavy (non-hydrogen) atoms. The van der Waals surface area contributed by atoms with Gasteiger partial charge in [0.05, 0.1) is 17.0 Å². The Morgan fingerprint density at radius 2 is 2.04 bits per heavy atom. The fourth-order valence-corrected chi connectivity index (χ4v) is 2.80. The number of benzene rings is 1. The molecule has 0 radical (unpaired) electrons. The molecule has 3 N–H and O–H groups in total. The highest BCUT2D eigenvalue weighted by molar-refractivity contribution is 5.95. The average molecular weight is 361 g/mol. The summed E-state index contributed by atoms with van der Waals surface area (Å²) in [6, 6.07) is 2.60. The summed E-state index contributed by atoms with van der Waals surface area (Å²) >= 11 is 0. The van der Waals surface area contributed by atoms with Gasteiger partial charge in [0.15, 0.2) is 0 Å². The largest absolute Gasteiger partial charge is 0.419 e. The number of likely N-dealkylation sites (tertiary alicyclic amines) is 1. The zero-order valence-electron chi connectivity index (χ0n) is 13.4. The first-order valence-corrected chi connectivity index (χ1v) is 7.88. The normalized spacial score (nSPS) is 18.1. The number of nitrogens with zero attached hydrogens (tertiary/aromatic N) is 1. The topological polar surface area (TPSA) is 75.4 Å². The number of rotatable bonds is 4. The Hall–Kier alpha value is -2.16. The van der Waals surface area contributed by atoms with Gasteiger partial charge in [0.1, 0.15) is 5.82 Å². The number of carbonyl (C=O) groups is 2. The van der Waals surface area contributed by atoms with E-state index in [0.717, 1.165) is 12.1 Å². The molecule has 9 heteroatoms. The average Bonchev–Trinajstić information content (AvgIpc) is 2.58. The van der Waals surface area contributed by atoms with Crippen LogP contribution >= 0.6 is 0 Å². The maximum Gasteiger partial charge on any atom is 0.419 e. The second-order valence-corrected chi connectivity index (χ2v) is 5.83. The number of carbonyl (C=O) groups excluding carboxylic acids is 2. The molecule has 0 aromatic heterocycles. The quantitative estimate of drug-likeness (QED) is 0.803. The zero-order chi connectivity index (χ0) is 18.6. The van der Waals surface area contributed by atoms with Gasteiger partial charge in [-0.05, 0) is 25.0 Å². The van der Waals surface area contributed by atoms with Crippen LogP contribution in [0.25, 0.3) is 0 Å². The van der Waals surface area contributed by atoms with Crippen molar-refractivity contribution in [2.45, 2.75) is 19.0 Å². The first-order valence-electron chi connectivity index (χ1n) is 7.88. The summed E-state index contributed by atoms with van der Waals surface area (Å²) in [6.45, 7) is 0.863. The van der Waals surface area contributed by atoms with Gasteiger partial charge in [0.2, 0.25) is 5.91 Å². The predicted molar refractivity (Wildman–Crippen MR) is 82.1 cm³/mol. The maximum absolute atomic E-state index is 14.1. The molecule has 0 bridgehead atoms. The standard InChI is InChI=1S/C16H19F4N3O2/c17-13-11(4-1-5-12(13)16(18,19)20)15(25)23-8-2-3-10(9-23)14(24)22-7-6-21/h1,4-5,10H,2-3,6-9,21H2,(H,22,24). The van der Waals surface area contributed by atoms with E-state index in [1.165, 1.54) is 4.90 Å². The van der Waals surface area contributed by atoms with E-state index in [-0.39, 0.29) is 25.5 Å². The smallest absolute Gasteiger partial charge is 0.355 e. The third-order valence-electron chi connectivity index (χ3n) is 4.06. The Kier molecular flexibility index (Phi) is 5.99. The molecule has 1 atom stereocenters. The molecule has 1 aromatic carbocycles. The number of nitrogens with two attached hydrogens (primary N) is 1. The summed E-state index contributed by atoms with van der Waals surface area (Å²) in [6.07, 6.45) is -3.83. The van der Waals surface area contributed by atoms with Gasteiger partial charge in [-0.1, -0.05) is 6.07 Å². The van der Waals surface area contributed by atoms with Crippen LogP contribution in [0.5, 0.6) is 0 Å². The van der Waals surface area contributed by atoms with E-state index < -0.39 is 34.9 Å². The molecule has 1 unspecified atom stereocenters. The van der Waals surface area contributed by atoms with Crippen molar-refractivity contribution in [1.29, 1.82) is 0 Å². The van der Waals surface area contributed by atoms with Crippen LogP contribution in [-0.4, -0.2) is 42.9 Å². The van der Waals surface area contributed by atoms with E-state index in [0.29, 0.717) is 25.5 Å². The highest BCUT2D eigenvalue weighted by Crippen LogP contribution is 2.33. The Bertz CT molecular complexity index is 649. The molecule has 1 aliphatic rings. The van der Waals surface area contributed by atoms with E-state index >= 15 is 0 Å². The monoisotopic (exact) mass is 361 g/mol. The van der Waals surface area contributed by atoms with Gasteiger partial charge in [-0.3, -0.25) is 9.59 Å². The van der Waals surface area contributed by atoms with Gasteiger partial charge < -0.3 is 16.0 Å². The number of halogens is 4. The van der Waals surface area contributed by atoms with Crippen molar-refractivity contribution in [3.63, 3.8) is 0 Å². The fourth-order valence-electron chi connectivity index (χ4n) is 2.80. The molecule has 1 aliphatic heterocycles. The summed E-state index contributed by atoms with van der Waals surface area (Å²) in [5, 5.41) is 2.62. The lowest BCUT2D eigenvalue weighted by atomic mass is 9.96. The van der Waals surface area contributed by atoms with Gasteiger partial charge in [-0.25, -0.2) is 4.39 Å². The Morgan fingerprint density at radius 1 is 1.32 bits per heavy atom. The summed E-state index contributed by atoms with van der Waals surface area (Å²) in [7, 11) is 0. The molecule has 0 spiro atoms. The zero-order valence-corrected chi connectivity index (χ0v) is 13.4. The van der Waals surface area contributed by atoms with Crippen molar-refractivity contribution < 1.29 is 27.2 Å². The van der Waals surface area contributed by atoms with Crippen molar-refractivity contribution in [2.24, 2.45) is 11.7 Å². The molecule has 0 saturated carbocycles. The lowest BCUT2D eigenvalue weighted by Crippen LogP contribution is -2.46. The van der Waals surface area contributed by atoms with E-state index in [1.54, 1.807) is 0 Å². The third kappa shape index (κ3) is 4.47. The number of amides is 2. The number of hydrogen-bond acceptors (Lipinski definition) is 3. The molecule has 2 amide bonds. The molecule has 1 aromatic rings. The van der Waals surface area contributed by atoms with Crippen LogP contribution in [0.1, 0.15) is 28.8 Å². The van der Waals surface area contributed by atoms with Crippen LogP contribution in [0.4, 0.5) is 17.6 Å². The number of hydrogen-bond donors (Lipinski definition) is 2.